The van der Waals surface area contributed by atoms with E-state index in [2.05, 4.69) is 9.97 Å². The molecule has 118 valence electrons. The first-order valence-corrected chi connectivity index (χ1v) is 8.67. The lowest BCUT2D eigenvalue weighted by molar-refractivity contribution is 0.0504. The number of rotatable bonds is 5. The van der Waals surface area contributed by atoms with Crippen LogP contribution in [-0.2, 0) is 11.2 Å². The third-order valence-electron chi connectivity index (χ3n) is 3.21. The molecule has 0 spiro atoms. The average molecular weight is 348 g/mol. The lowest BCUT2D eigenvalue weighted by Crippen LogP contribution is -2.08. The number of carbonyl (C=O) groups excluding carboxylic acids is 1. The van der Waals surface area contributed by atoms with Gasteiger partial charge in [-0.25, -0.2) is 19.2 Å². The van der Waals surface area contributed by atoms with Gasteiger partial charge in [-0.05, 0) is 31.2 Å². The summed E-state index contributed by atoms with van der Waals surface area (Å²) in [5.74, 6) is -0.750. The van der Waals surface area contributed by atoms with E-state index in [1.165, 1.54) is 23.5 Å². The van der Waals surface area contributed by atoms with Gasteiger partial charge in [0.05, 0.1) is 17.8 Å². The number of benzene rings is 1. The lowest BCUT2D eigenvalue weighted by Gasteiger charge is -2.02. The maximum Gasteiger partial charge on any atom is 0.357 e. The number of aromatic nitrogens is 2. The summed E-state index contributed by atoms with van der Waals surface area (Å²) in [6.45, 7) is 2.23. The number of carbonyl (C=O) groups is 1. The normalized spacial score (nSPS) is 10.7. The standard InChI is InChI=1S/C16H13FN2O2S2/c1-10-14(23-9-18-10)6-7-21-16(20)13-8-22-15(19-13)11-2-4-12(17)5-3-11/h2-5,8-9H,6-7H2,1H3. The molecule has 0 N–H and O–H groups in total. The Labute approximate surface area is 140 Å². The van der Waals surface area contributed by atoms with Gasteiger partial charge >= 0.3 is 5.97 Å². The van der Waals surface area contributed by atoms with Crippen molar-refractivity contribution in [2.75, 3.05) is 6.61 Å². The van der Waals surface area contributed by atoms with Gasteiger partial charge in [-0.2, -0.15) is 0 Å². The highest BCUT2D eigenvalue weighted by Crippen LogP contribution is 2.24. The van der Waals surface area contributed by atoms with Gasteiger partial charge < -0.3 is 4.74 Å². The number of hydrogen-bond donors (Lipinski definition) is 0. The fourth-order valence-electron chi connectivity index (χ4n) is 1.97. The number of nitrogens with zero attached hydrogens (tertiary/aromatic N) is 2. The van der Waals surface area contributed by atoms with E-state index in [1.807, 2.05) is 6.92 Å². The summed E-state index contributed by atoms with van der Waals surface area (Å²) in [6.07, 6.45) is 0.650. The first-order chi connectivity index (χ1) is 11.1. The second-order valence-corrected chi connectivity index (χ2v) is 6.59. The van der Waals surface area contributed by atoms with Crippen LogP contribution in [0.4, 0.5) is 4.39 Å². The van der Waals surface area contributed by atoms with Gasteiger partial charge in [0.2, 0.25) is 0 Å². The molecule has 7 heteroatoms. The molecule has 0 aliphatic heterocycles. The van der Waals surface area contributed by atoms with Crippen molar-refractivity contribution < 1.29 is 13.9 Å². The Kier molecular flexibility index (Phi) is 4.78. The van der Waals surface area contributed by atoms with Crippen molar-refractivity contribution in [3.8, 4) is 10.6 Å². The molecule has 23 heavy (non-hydrogen) atoms. The van der Waals surface area contributed by atoms with Crippen LogP contribution in [0.2, 0.25) is 0 Å². The van der Waals surface area contributed by atoms with E-state index in [0.717, 1.165) is 16.1 Å². The first kappa shape index (κ1) is 15.8. The zero-order valence-electron chi connectivity index (χ0n) is 12.3. The molecule has 4 nitrogen and oxygen atoms in total. The van der Waals surface area contributed by atoms with Crippen molar-refractivity contribution in [3.63, 3.8) is 0 Å². The van der Waals surface area contributed by atoms with E-state index < -0.39 is 5.97 Å². The molecule has 3 rings (SSSR count). The van der Waals surface area contributed by atoms with Crippen LogP contribution in [0, 0.1) is 12.7 Å². The minimum atomic E-state index is -0.447. The van der Waals surface area contributed by atoms with Crippen molar-refractivity contribution in [2.24, 2.45) is 0 Å². The van der Waals surface area contributed by atoms with E-state index in [-0.39, 0.29) is 11.5 Å². The summed E-state index contributed by atoms with van der Waals surface area (Å²) in [5, 5.41) is 2.31. The molecular formula is C16H13FN2O2S2. The fourth-order valence-corrected chi connectivity index (χ4v) is 3.53. The van der Waals surface area contributed by atoms with Crippen LogP contribution in [0.1, 0.15) is 21.1 Å². The Hall–Kier alpha value is -2.12. The number of halogens is 1. The van der Waals surface area contributed by atoms with Crippen LogP contribution >= 0.6 is 22.7 Å². The van der Waals surface area contributed by atoms with Gasteiger partial charge in [-0.3, -0.25) is 0 Å². The van der Waals surface area contributed by atoms with Crippen LogP contribution in [0.25, 0.3) is 10.6 Å². The van der Waals surface area contributed by atoms with Crippen molar-refractivity contribution in [3.05, 3.63) is 57.2 Å². The molecule has 0 atom stereocenters. The Morgan fingerprint density at radius 3 is 2.74 bits per heavy atom. The second kappa shape index (κ2) is 6.97. The summed E-state index contributed by atoms with van der Waals surface area (Å²) in [4.78, 5) is 21.5. The van der Waals surface area contributed by atoms with Crippen LogP contribution in [0.15, 0.2) is 35.2 Å². The zero-order chi connectivity index (χ0) is 16.2. The van der Waals surface area contributed by atoms with E-state index in [1.54, 1.807) is 34.4 Å². The van der Waals surface area contributed by atoms with Gasteiger partial charge in [0.1, 0.15) is 10.8 Å². The van der Waals surface area contributed by atoms with Gasteiger partial charge in [-0.1, -0.05) is 0 Å². The number of esters is 1. The molecule has 0 radical (unpaired) electrons. The second-order valence-electron chi connectivity index (χ2n) is 4.79. The van der Waals surface area contributed by atoms with Crippen LogP contribution in [-0.4, -0.2) is 22.5 Å². The fraction of sp³-hybridized carbons (Fsp3) is 0.188. The molecule has 0 saturated heterocycles. The third-order valence-corrected chi connectivity index (χ3v) is 5.10. The van der Waals surface area contributed by atoms with Gasteiger partial charge in [-0.15, -0.1) is 22.7 Å². The predicted molar refractivity (Wildman–Crippen MR) is 88.3 cm³/mol. The molecule has 2 aromatic heterocycles. The topological polar surface area (TPSA) is 52.1 Å². The molecule has 2 heterocycles. The van der Waals surface area contributed by atoms with E-state index in [9.17, 15) is 9.18 Å². The van der Waals surface area contributed by atoms with Crippen molar-refractivity contribution in [2.45, 2.75) is 13.3 Å². The van der Waals surface area contributed by atoms with Crippen molar-refractivity contribution in [1.29, 1.82) is 0 Å². The summed E-state index contributed by atoms with van der Waals surface area (Å²) < 4.78 is 18.2. The lowest BCUT2D eigenvalue weighted by atomic mass is 10.2. The number of ether oxygens (including phenoxy) is 1. The molecule has 0 bridgehead atoms. The zero-order valence-corrected chi connectivity index (χ0v) is 13.9. The molecule has 0 unspecified atom stereocenters. The first-order valence-electron chi connectivity index (χ1n) is 6.91. The number of thiazole rings is 2. The highest BCUT2D eigenvalue weighted by atomic mass is 32.1. The van der Waals surface area contributed by atoms with Gasteiger partial charge in [0, 0.05) is 22.2 Å². The Morgan fingerprint density at radius 1 is 1.26 bits per heavy atom. The minimum Gasteiger partial charge on any atom is -0.461 e. The average Bonchev–Trinajstić information content (AvgIpc) is 3.18. The van der Waals surface area contributed by atoms with Crippen molar-refractivity contribution in [1.82, 2.24) is 9.97 Å². The quantitative estimate of drug-likeness (QED) is 0.651. The van der Waals surface area contributed by atoms with Crippen LogP contribution in [0.5, 0.6) is 0 Å². The molecule has 0 aliphatic rings. The summed E-state index contributed by atoms with van der Waals surface area (Å²) in [5.41, 5.74) is 3.80. The smallest absolute Gasteiger partial charge is 0.357 e. The molecule has 3 aromatic rings. The van der Waals surface area contributed by atoms with Gasteiger partial charge in [0.25, 0.3) is 0 Å². The van der Waals surface area contributed by atoms with E-state index >= 15 is 0 Å². The molecule has 0 fully saturated rings. The monoisotopic (exact) mass is 348 g/mol. The van der Waals surface area contributed by atoms with Crippen LogP contribution < -0.4 is 0 Å². The minimum absolute atomic E-state index is 0.273. The number of hydrogen-bond acceptors (Lipinski definition) is 6. The molecule has 0 amide bonds. The van der Waals surface area contributed by atoms with E-state index in [4.69, 9.17) is 4.74 Å². The maximum absolute atomic E-state index is 12.9. The molecule has 0 saturated carbocycles. The Balaban J connectivity index is 1.60. The summed E-state index contributed by atoms with van der Waals surface area (Å²) >= 11 is 2.88. The molecular weight excluding hydrogens is 335 g/mol. The Bertz CT molecular complexity index is 812. The van der Waals surface area contributed by atoms with Gasteiger partial charge in [0.15, 0.2) is 5.69 Å². The third kappa shape index (κ3) is 3.80. The maximum atomic E-state index is 12.9. The van der Waals surface area contributed by atoms with Crippen LogP contribution in [0.3, 0.4) is 0 Å². The highest BCUT2D eigenvalue weighted by Gasteiger charge is 2.13. The molecule has 0 aliphatic carbocycles. The van der Waals surface area contributed by atoms with E-state index in [0.29, 0.717) is 18.0 Å². The summed E-state index contributed by atoms with van der Waals surface area (Å²) in [7, 11) is 0. The SMILES string of the molecule is Cc1ncsc1CCOC(=O)c1csc(-c2ccc(F)cc2)n1. The predicted octanol–water partition coefficient (Wildman–Crippen LogP) is 4.11. The van der Waals surface area contributed by atoms with Crippen molar-refractivity contribution >= 4 is 28.6 Å². The highest BCUT2D eigenvalue weighted by molar-refractivity contribution is 7.13. The summed E-state index contributed by atoms with van der Waals surface area (Å²) in [6, 6.07) is 6.00. The number of aryl methyl sites for hydroxylation is 1. The Morgan fingerprint density at radius 2 is 2.04 bits per heavy atom. The largest absolute Gasteiger partial charge is 0.461 e. The molecule has 1 aromatic carbocycles.